The average Bonchev–Trinajstić information content (AvgIpc) is 2.72. The lowest BCUT2D eigenvalue weighted by Gasteiger charge is -2.50. The summed E-state index contributed by atoms with van der Waals surface area (Å²) in [5, 5.41) is 12.1. The van der Waals surface area contributed by atoms with E-state index in [1.165, 1.54) is 5.56 Å². The zero-order valence-electron chi connectivity index (χ0n) is 16.8. The number of ether oxygens (including phenoxy) is 2. The number of nitrogens with one attached hydrogen (secondary N) is 1. The Balaban J connectivity index is 1.66. The molecule has 0 bridgehead atoms. The molecule has 2 amide bonds. The number of nitrogens with zero attached hydrogens (tertiary/aromatic N) is 2. The fourth-order valence-electron chi connectivity index (χ4n) is 4.90. The highest BCUT2D eigenvalue weighted by atomic mass is 16.5. The molecule has 1 aromatic carbocycles. The van der Waals surface area contributed by atoms with Crippen LogP contribution < -0.4 is 14.8 Å². The molecular formula is C21H27N3O5. The van der Waals surface area contributed by atoms with E-state index in [1.807, 2.05) is 23.1 Å². The first-order chi connectivity index (χ1) is 14.0. The van der Waals surface area contributed by atoms with Crippen LogP contribution in [0.4, 0.5) is 4.79 Å². The normalized spacial score (nSPS) is 26.5. The van der Waals surface area contributed by atoms with Gasteiger partial charge in [0.25, 0.3) is 0 Å². The van der Waals surface area contributed by atoms with Crippen LogP contribution in [0.3, 0.4) is 0 Å². The number of rotatable bonds is 4. The predicted octanol–water partition coefficient (Wildman–Crippen LogP) is 1.80. The number of carbonyl (C=O) groups is 2. The minimum absolute atomic E-state index is 0.0410. The predicted molar refractivity (Wildman–Crippen MR) is 106 cm³/mol. The molecule has 3 aliphatic heterocycles. The van der Waals surface area contributed by atoms with Crippen molar-refractivity contribution in [2.24, 2.45) is 0 Å². The monoisotopic (exact) mass is 401 g/mol. The first-order valence-corrected chi connectivity index (χ1v) is 9.97. The lowest BCUT2D eigenvalue weighted by Crippen LogP contribution is -2.63. The molecule has 3 heterocycles. The topological polar surface area (TPSA) is 91.3 Å². The summed E-state index contributed by atoms with van der Waals surface area (Å²) >= 11 is 0. The Morgan fingerprint density at radius 2 is 1.97 bits per heavy atom. The molecule has 0 saturated carbocycles. The minimum atomic E-state index is -1.06. The number of methoxy groups -OCH3 is 2. The summed E-state index contributed by atoms with van der Waals surface area (Å²) in [6.45, 7) is 2.13. The molecule has 3 unspecified atom stereocenters. The van der Waals surface area contributed by atoms with Gasteiger partial charge in [-0.25, -0.2) is 4.79 Å². The van der Waals surface area contributed by atoms with Gasteiger partial charge in [-0.3, -0.25) is 9.69 Å². The van der Waals surface area contributed by atoms with Crippen LogP contribution in [0.5, 0.6) is 11.5 Å². The van der Waals surface area contributed by atoms with E-state index >= 15 is 0 Å². The van der Waals surface area contributed by atoms with Crippen molar-refractivity contribution in [2.45, 2.75) is 37.4 Å². The van der Waals surface area contributed by atoms with Gasteiger partial charge in [-0.15, -0.1) is 0 Å². The second-order valence-electron chi connectivity index (χ2n) is 7.75. The summed E-state index contributed by atoms with van der Waals surface area (Å²) in [6.07, 6.45) is 4.69. The maximum Gasteiger partial charge on any atom is 0.404 e. The number of piperidine rings is 1. The molecular weight excluding hydrogens is 374 g/mol. The third-order valence-electron chi connectivity index (χ3n) is 6.27. The fourth-order valence-corrected chi connectivity index (χ4v) is 4.90. The summed E-state index contributed by atoms with van der Waals surface area (Å²) in [6, 6.07) is 3.60. The molecule has 0 spiro atoms. The number of amides is 2. The van der Waals surface area contributed by atoms with Crippen molar-refractivity contribution < 1.29 is 24.2 Å². The third-order valence-corrected chi connectivity index (χ3v) is 6.27. The lowest BCUT2D eigenvalue weighted by atomic mass is 9.82. The molecule has 1 saturated heterocycles. The summed E-state index contributed by atoms with van der Waals surface area (Å²) in [7, 11) is 3.24. The standard InChI is InChI=1S/C21H27N3O5/c1-28-18-9-13-6-8-23-12-17(24-7-4-3-5-20(24)25)15(22-21(26)27)11-16(23)14(13)10-19(18)29-2/h3,5,9-10,15-17,22H,4,6-8,11-12H2,1-2H3,(H,26,27). The molecule has 29 heavy (non-hydrogen) atoms. The van der Waals surface area contributed by atoms with Crippen molar-refractivity contribution in [3.63, 3.8) is 0 Å². The zero-order chi connectivity index (χ0) is 20.5. The van der Waals surface area contributed by atoms with Crippen molar-refractivity contribution >= 4 is 12.0 Å². The van der Waals surface area contributed by atoms with Gasteiger partial charge < -0.3 is 24.8 Å². The van der Waals surface area contributed by atoms with Gasteiger partial charge >= 0.3 is 6.09 Å². The molecule has 1 fully saturated rings. The summed E-state index contributed by atoms with van der Waals surface area (Å²) in [5.74, 6) is 1.34. The van der Waals surface area contributed by atoms with Crippen molar-refractivity contribution in [1.82, 2.24) is 15.1 Å². The summed E-state index contributed by atoms with van der Waals surface area (Å²) in [5.41, 5.74) is 2.35. The van der Waals surface area contributed by atoms with E-state index in [-0.39, 0.29) is 24.0 Å². The molecule has 8 nitrogen and oxygen atoms in total. The maximum atomic E-state index is 12.5. The Kier molecular flexibility index (Phi) is 5.36. The van der Waals surface area contributed by atoms with Gasteiger partial charge in [-0.2, -0.15) is 0 Å². The molecule has 0 aromatic heterocycles. The van der Waals surface area contributed by atoms with Gasteiger partial charge in [0.1, 0.15) is 0 Å². The summed E-state index contributed by atoms with van der Waals surface area (Å²) in [4.78, 5) is 28.1. The number of hydrogen-bond donors (Lipinski definition) is 2. The highest BCUT2D eigenvalue weighted by Crippen LogP contribution is 2.42. The van der Waals surface area contributed by atoms with Gasteiger partial charge in [0.15, 0.2) is 11.5 Å². The van der Waals surface area contributed by atoms with Gasteiger partial charge in [0, 0.05) is 25.7 Å². The van der Waals surface area contributed by atoms with Gasteiger partial charge in [0.05, 0.1) is 26.3 Å². The van der Waals surface area contributed by atoms with Crippen LogP contribution in [0, 0.1) is 0 Å². The largest absolute Gasteiger partial charge is 0.493 e. The first kappa shape index (κ1) is 19.6. The molecule has 3 aliphatic rings. The molecule has 156 valence electrons. The molecule has 8 heteroatoms. The second-order valence-corrected chi connectivity index (χ2v) is 7.75. The lowest BCUT2D eigenvalue weighted by molar-refractivity contribution is -0.131. The molecule has 4 rings (SSSR count). The van der Waals surface area contributed by atoms with Crippen LogP contribution in [-0.2, 0) is 11.2 Å². The Bertz CT molecular complexity index is 840. The fraction of sp³-hybridized carbons (Fsp3) is 0.524. The van der Waals surface area contributed by atoms with Crippen LogP contribution >= 0.6 is 0 Å². The highest BCUT2D eigenvalue weighted by molar-refractivity contribution is 5.88. The van der Waals surface area contributed by atoms with Gasteiger partial charge in [-0.1, -0.05) is 6.08 Å². The van der Waals surface area contributed by atoms with E-state index < -0.39 is 6.09 Å². The van der Waals surface area contributed by atoms with E-state index in [9.17, 15) is 14.7 Å². The summed E-state index contributed by atoms with van der Waals surface area (Å²) < 4.78 is 10.9. The second kappa shape index (κ2) is 7.94. The van der Waals surface area contributed by atoms with E-state index in [1.54, 1.807) is 20.3 Å². The number of carboxylic acid groups (broad SMARTS) is 1. The zero-order valence-corrected chi connectivity index (χ0v) is 16.8. The molecule has 2 N–H and O–H groups in total. The Morgan fingerprint density at radius 1 is 1.21 bits per heavy atom. The molecule has 3 atom stereocenters. The van der Waals surface area contributed by atoms with Crippen LogP contribution in [0.15, 0.2) is 24.3 Å². The van der Waals surface area contributed by atoms with Crippen molar-refractivity contribution in [3.8, 4) is 11.5 Å². The maximum absolute atomic E-state index is 12.5. The minimum Gasteiger partial charge on any atom is -0.493 e. The van der Waals surface area contributed by atoms with Gasteiger partial charge in [0.2, 0.25) is 5.91 Å². The van der Waals surface area contributed by atoms with Crippen LogP contribution in [0.1, 0.15) is 30.0 Å². The van der Waals surface area contributed by atoms with E-state index in [0.717, 1.165) is 24.9 Å². The average molecular weight is 401 g/mol. The van der Waals surface area contributed by atoms with Gasteiger partial charge in [-0.05, 0) is 48.6 Å². The third kappa shape index (κ3) is 3.64. The number of carbonyl (C=O) groups excluding carboxylic acids is 1. The van der Waals surface area contributed by atoms with E-state index in [4.69, 9.17) is 9.47 Å². The number of fused-ring (bicyclic) bond motifs is 3. The van der Waals surface area contributed by atoms with Crippen molar-refractivity contribution in [3.05, 3.63) is 35.4 Å². The Morgan fingerprint density at radius 3 is 2.66 bits per heavy atom. The smallest absolute Gasteiger partial charge is 0.404 e. The quantitative estimate of drug-likeness (QED) is 0.800. The SMILES string of the molecule is COc1cc2c(cc1OC)C1CC(NC(=O)O)C(N3CCC=CC3=O)CN1CC2. The van der Waals surface area contributed by atoms with Crippen molar-refractivity contribution in [2.75, 3.05) is 33.9 Å². The highest BCUT2D eigenvalue weighted by Gasteiger charge is 2.43. The van der Waals surface area contributed by atoms with Crippen LogP contribution in [-0.4, -0.2) is 72.8 Å². The van der Waals surface area contributed by atoms with Crippen molar-refractivity contribution in [1.29, 1.82) is 0 Å². The van der Waals surface area contributed by atoms with Crippen LogP contribution in [0.2, 0.25) is 0 Å². The number of hydrogen-bond acceptors (Lipinski definition) is 5. The number of benzene rings is 1. The Hall–Kier alpha value is -2.74. The van der Waals surface area contributed by atoms with Crippen LogP contribution in [0.25, 0.3) is 0 Å². The molecule has 0 aliphatic carbocycles. The van der Waals surface area contributed by atoms with E-state index in [2.05, 4.69) is 10.2 Å². The Labute approximate surface area is 170 Å². The first-order valence-electron chi connectivity index (χ1n) is 9.97. The van der Waals surface area contributed by atoms with E-state index in [0.29, 0.717) is 31.0 Å². The molecule has 1 aromatic rings. The molecule has 0 radical (unpaired) electrons.